The smallest absolute Gasteiger partial charge is 0.349 e. The van der Waals surface area contributed by atoms with Crippen LogP contribution in [0.2, 0.25) is 0 Å². The van der Waals surface area contributed by atoms with Crippen molar-refractivity contribution >= 4 is 17.7 Å². The number of amides is 1. The van der Waals surface area contributed by atoms with Gasteiger partial charge in [0.15, 0.2) is 5.16 Å². The molecule has 1 aromatic heterocycles. The van der Waals surface area contributed by atoms with Gasteiger partial charge in [0.25, 0.3) is 0 Å². The fourth-order valence-electron chi connectivity index (χ4n) is 2.64. The molecule has 9 heteroatoms. The Morgan fingerprint density at radius 3 is 2.37 bits per heavy atom. The number of nitrogens with one attached hydrogen (secondary N) is 1. The molecule has 0 radical (unpaired) electrons. The molecule has 0 bridgehead atoms. The molecule has 2 aromatic carbocycles. The second-order valence-corrected chi connectivity index (χ2v) is 7.36. The molecule has 1 N–H and O–H groups in total. The minimum absolute atomic E-state index is 0.00196. The van der Waals surface area contributed by atoms with Crippen LogP contribution in [0.1, 0.15) is 24.2 Å². The Kier molecular flexibility index (Phi) is 6.71. The molecule has 1 atom stereocenters. The van der Waals surface area contributed by atoms with Crippen molar-refractivity contribution < 1.29 is 22.4 Å². The number of carbonyl (C=O) groups excluding carboxylic acids is 1. The first-order valence-electron chi connectivity index (χ1n) is 8.91. The van der Waals surface area contributed by atoms with Crippen molar-refractivity contribution in [2.75, 3.05) is 5.75 Å². The lowest BCUT2D eigenvalue weighted by atomic mass is 10.1. The zero-order valence-electron chi connectivity index (χ0n) is 15.8. The van der Waals surface area contributed by atoms with Crippen molar-refractivity contribution in [1.82, 2.24) is 15.3 Å². The van der Waals surface area contributed by atoms with E-state index in [4.69, 9.17) is 0 Å². The highest BCUT2D eigenvalue weighted by atomic mass is 32.2. The molecule has 3 rings (SSSR count). The van der Waals surface area contributed by atoms with Gasteiger partial charge in [-0.2, -0.15) is 13.2 Å². The Bertz CT molecular complexity index is 1010. The van der Waals surface area contributed by atoms with Crippen LogP contribution in [0, 0.1) is 5.82 Å². The molecule has 4 nitrogen and oxygen atoms in total. The fraction of sp³-hybridized carbons (Fsp3) is 0.190. The number of halogens is 4. The van der Waals surface area contributed by atoms with Gasteiger partial charge >= 0.3 is 6.18 Å². The number of hydrogen-bond donors (Lipinski definition) is 1. The Labute approximate surface area is 174 Å². The maximum Gasteiger partial charge on any atom is 0.433 e. The zero-order chi connectivity index (χ0) is 21.7. The molecule has 3 aromatic rings. The Hall–Kier alpha value is -2.94. The summed E-state index contributed by atoms with van der Waals surface area (Å²) in [5.74, 6) is -1.02. The van der Waals surface area contributed by atoms with Crippen LogP contribution in [0.15, 0.2) is 65.8 Å². The molecule has 0 aliphatic heterocycles. The van der Waals surface area contributed by atoms with Crippen molar-refractivity contribution in [3.05, 3.63) is 77.7 Å². The third kappa shape index (κ3) is 5.79. The molecular weight excluding hydrogens is 418 g/mol. The summed E-state index contributed by atoms with van der Waals surface area (Å²) in [6.45, 7) is 1.81. The Balaban J connectivity index is 1.75. The van der Waals surface area contributed by atoms with Gasteiger partial charge in [0, 0.05) is 5.56 Å². The summed E-state index contributed by atoms with van der Waals surface area (Å²) in [7, 11) is 0. The monoisotopic (exact) mass is 435 g/mol. The van der Waals surface area contributed by atoms with Crippen LogP contribution in [0.4, 0.5) is 17.6 Å². The quantitative estimate of drug-likeness (QED) is 0.326. The molecule has 0 saturated heterocycles. The predicted octanol–water partition coefficient (Wildman–Crippen LogP) is 5.27. The van der Waals surface area contributed by atoms with Crippen LogP contribution in [0.25, 0.3) is 11.3 Å². The number of aromatic nitrogens is 2. The summed E-state index contributed by atoms with van der Waals surface area (Å²) in [6, 6.07) is 14.8. The molecule has 0 saturated carbocycles. The van der Waals surface area contributed by atoms with Gasteiger partial charge in [-0.1, -0.05) is 42.1 Å². The van der Waals surface area contributed by atoms with Gasteiger partial charge in [-0.3, -0.25) is 4.79 Å². The van der Waals surface area contributed by atoms with Crippen LogP contribution >= 0.6 is 11.8 Å². The van der Waals surface area contributed by atoms with Gasteiger partial charge in [0.2, 0.25) is 5.91 Å². The van der Waals surface area contributed by atoms with Gasteiger partial charge in [-0.25, -0.2) is 14.4 Å². The number of benzene rings is 2. The number of alkyl halides is 3. The highest BCUT2D eigenvalue weighted by Gasteiger charge is 2.34. The van der Waals surface area contributed by atoms with E-state index in [0.717, 1.165) is 35.5 Å². The molecule has 156 valence electrons. The summed E-state index contributed by atoms with van der Waals surface area (Å²) in [5.41, 5.74) is 0.0911. The van der Waals surface area contributed by atoms with Crippen molar-refractivity contribution in [2.24, 2.45) is 0 Å². The van der Waals surface area contributed by atoms with Crippen molar-refractivity contribution in [3.8, 4) is 11.3 Å². The normalized spacial score (nSPS) is 12.4. The van der Waals surface area contributed by atoms with Crippen LogP contribution in [-0.4, -0.2) is 21.6 Å². The van der Waals surface area contributed by atoms with E-state index in [2.05, 4.69) is 15.3 Å². The molecule has 0 fully saturated rings. The SMILES string of the molecule is C[C@@H](NC(=O)CSc1nc(-c2ccc(F)cc2)cc(C(F)(F)F)n1)c1ccccc1. The molecular formula is C21H17F4N3OS. The molecule has 30 heavy (non-hydrogen) atoms. The van der Waals surface area contributed by atoms with E-state index in [1.807, 2.05) is 37.3 Å². The lowest BCUT2D eigenvalue weighted by molar-refractivity contribution is -0.141. The van der Waals surface area contributed by atoms with Gasteiger partial charge < -0.3 is 5.32 Å². The van der Waals surface area contributed by atoms with Gasteiger partial charge in [-0.05, 0) is 42.8 Å². The van der Waals surface area contributed by atoms with Crippen molar-refractivity contribution in [1.29, 1.82) is 0 Å². The number of nitrogens with zero attached hydrogens (tertiary/aromatic N) is 2. The minimum Gasteiger partial charge on any atom is -0.349 e. The summed E-state index contributed by atoms with van der Waals surface area (Å²) >= 11 is 0.800. The number of carbonyl (C=O) groups is 1. The lowest BCUT2D eigenvalue weighted by Crippen LogP contribution is -2.28. The molecule has 0 spiro atoms. The number of rotatable bonds is 6. The first kappa shape index (κ1) is 21.8. The standard InChI is InChI=1S/C21H17F4N3OS/c1-13(14-5-3-2-4-6-14)26-19(29)12-30-20-27-17(11-18(28-20)21(23,24)25)15-7-9-16(22)10-8-15/h2-11,13H,12H2,1H3,(H,26,29)/t13-/m1/s1. The summed E-state index contributed by atoms with van der Waals surface area (Å²) in [5, 5.41) is 2.60. The Morgan fingerprint density at radius 2 is 1.73 bits per heavy atom. The summed E-state index contributed by atoms with van der Waals surface area (Å²) in [6.07, 6.45) is -4.68. The lowest BCUT2D eigenvalue weighted by Gasteiger charge is -2.14. The first-order valence-corrected chi connectivity index (χ1v) is 9.90. The molecule has 0 aliphatic carbocycles. The van der Waals surface area contributed by atoms with Crippen LogP contribution < -0.4 is 5.32 Å². The molecule has 1 amide bonds. The largest absolute Gasteiger partial charge is 0.433 e. The van der Waals surface area contributed by atoms with E-state index in [9.17, 15) is 22.4 Å². The van der Waals surface area contributed by atoms with Gasteiger partial charge in [0.1, 0.15) is 11.5 Å². The molecule has 0 aliphatic rings. The molecule has 0 unspecified atom stereocenters. The zero-order valence-corrected chi connectivity index (χ0v) is 16.6. The number of thioether (sulfide) groups is 1. The summed E-state index contributed by atoms with van der Waals surface area (Å²) in [4.78, 5) is 19.9. The third-order valence-corrected chi connectivity index (χ3v) is 4.99. The van der Waals surface area contributed by atoms with Crippen LogP contribution in [0.3, 0.4) is 0 Å². The van der Waals surface area contributed by atoms with E-state index in [1.165, 1.54) is 12.1 Å². The minimum atomic E-state index is -4.68. The van der Waals surface area contributed by atoms with Crippen molar-refractivity contribution in [2.45, 2.75) is 24.3 Å². The highest BCUT2D eigenvalue weighted by Crippen LogP contribution is 2.32. The maximum absolute atomic E-state index is 13.2. The fourth-order valence-corrected chi connectivity index (χ4v) is 3.31. The maximum atomic E-state index is 13.2. The second kappa shape index (κ2) is 9.25. The predicted molar refractivity (Wildman–Crippen MR) is 106 cm³/mol. The van der Waals surface area contributed by atoms with E-state index in [0.29, 0.717) is 5.56 Å². The number of hydrogen-bond acceptors (Lipinski definition) is 4. The average molecular weight is 435 g/mol. The van der Waals surface area contributed by atoms with Crippen molar-refractivity contribution in [3.63, 3.8) is 0 Å². The van der Waals surface area contributed by atoms with Crippen LogP contribution in [0.5, 0.6) is 0 Å². The van der Waals surface area contributed by atoms with Crippen LogP contribution in [-0.2, 0) is 11.0 Å². The van der Waals surface area contributed by atoms with Gasteiger partial charge in [-0.15, -0.1) is 0 Å². The third-order valence-electron chi connectivity index (χ3n) is 4.15. The summed E-state index contributed by atoms with van der Waals surface area (Å²) < 4.78 is 52.9. The first-order chi connectivity index (χ1) is 14.2. The van der Waals surface area contributed by atoms with E-state index in [1.54, 1.807) is 0 Å². The topological polar surface area (TPSA) is 54.9 Å². The Morgan fingerprint density at radius 1 is 1.07 bits per heavy atom. The van der Waals surface area contributed by atoms with E-state index < -0.39 is 17.7 Å². The average Bonchev–Trinajstić information content (AvgIpc) is 2.72. The highest BCUT2D eigenvalue weighted by molar-refractivity contribution is 7.99. The molecule has 1 heterocycles. The van der Waals surface area contributed by atoms with E-state index in [-0.39, 0.29) is 28.6 Å². The van der Waals surface area contributed by atoms with E-state index >= 15 is 0 Å². The van der Waals surface area contributed by atoms with Gasteiger partial charge in [0.05, 0.1) is 17.5 Å². The second-order valence-electron chi connectivity index (χ2n) is 6.41.